The van der Waals surface area contributed by atoms with Crippen molar-refractivity contribution in [2.45, 2.75) is 13.8 Å². The second kappa shape index (κ2) is 3.93. The first-order chi connectivity index (χ1) is 8.06. The zero-order chi connectivity index (χ0) is 12.6. The van der Waals surface area contributed by atoms with E-state index in [4.69, 9.17) is 4.74 Å². The van der Waals surface area contributed by atoms with Gasteiger partial charge in [-0.1, -0.05) is 0 Å². The van der Waals surface area contributed by atoms with E-state index in [0.29, 0.717) is 0 Å². The molecular formula is C10H11N3O4. The third-order valence-electron chi connectivity index (χ3n) is 2.37. The van der Waals surface area contributed by atoms with Crippen molar-refractivity contribution in [3.8, 4) is 5.88 Å². The summed E-state index contributed by atoms with van der Waals surface area (Å²) in [6, 6.07) is 0. The Morgan fingerprint density at radius 1 is 1.65 bits per heavy atom. The molecule has 90 valence electrons. The van der Waals surface area contributed by atoms with Gasteiger partial charge in [-0.2, -0.15) is 9.61 Å². The molecule has 2 heterocycles. The van der Waals surface area contributed by atoms with Crippen LogP contribution in [0.5, 0.6) is 5.88 Å². The number of hydrogen-bond donors (Lipinski definition) is 2. The number of esters is 1. The van der Waals surface area contributed by atoms with Crippen molar-refractivity contribution in [2.24, 2.45) is 0 Å². The summed E-state index contributed by atoms with van der Waals surface area (Å²) in [5.41, 5.74) is -0.104. The minimum absolute atomic E-state index is 0.110. The Morgan fingerprint density at radius 3 is 3.00 bits per heavy atom. The number of aromatic amines is 1. The Morgan fingerprint density at radius 2 is 2.35 bits per heavy atom. The van der Waals surface area contributed by atoms with E-state index in [-0.39, 0.29) is 29.3 Å². The normalized spacial score (nSPS) is 10.7. The molecular weight excluding hydrogens is 226 g/mol. The largest absolute Gasteiger partial charge is 0.493 e. The van der Waals surface area contributed by atoms with Gasteiger partial charge in [-0.15, -0.1) is 0 Å². The minimum Gasteiger partial charge on any atom is -0.493 e. The second-order valence-corrected chi connectivity index (χ2v) is 3.44. The van der Waals surface area contributed by atoms with Crippen molar-refractivity contribution in [2.75, 3.05) is 6.61 Å². The number of carbonyl (C=O) groups is 1. The van der Waals surface area contributed by atoms with E-state index >= 15 is 0 Å². The van der Waals surface area contributed by atoms with E-state index < -0.39 is 11.5 Å². The Balaban J connectivity index is 2.70. The number of nitrogens with one attached hydrogen (secondary N) is 1. The van der Waals surface area contributed by atoms with E-state index in [1.165, 1.54) is 13.1 Å². The highest BCUT2D eigenvalue weighted by atomic mass is 16.5. The van der Waals surface area contributed by atoms with Gasteiger partial charge in [0.1, 0.15) is 5.56 Å². The van der Waals surface area contributed by atoms with Crippen molar-refractivity contribution in [3.63, 3.8) is 0 Å². The molecule has 0 unspecified atom stereocenters. The van der Waals surface area contributed by atoms with E-state index in [1.807, 2.05) is 0 Å². The molecule has 7 heteroatoms. The Labute approximate surface area is 95.6 Å². The molecule has 0 radical (unpaired) electrons. The first-order valence-corrected chi connectivity index (χ1v) is 5.03. The third-order valence-corrected chi connectivity index (χ3v) is 2.37. The molecule has 17 heavy (non-hydrogen) atoms. The highest BCUT2D eigenvalue weighted by Crippen LogP contribution is 2.16. The van der Waals surface area contributed by atoms with Gasteiger partial charge >= 0.3 is 5.97 Å². The van der Waals surface area contributed by atoms with Gasteiger partial charge in [-0.05, 0) is 13.8 Å². The van der Waals surface area contributed by atoms with E-state index in [0.717, 1.165) is 4.52 Å². The maximum absolute atomic E-state index is 11.5. The number of ether oxygens (including phenoxy) is 1. The zero-order valence-electron chi connectivity index (χ0n) is 9.35. The molecule has 0 saturated carbocycles. The fraction of sp³-hybridized carbons (Fsp3) is 0.300. The fourth-order valence-electron chi connectivity index (χ4n) is 1.45. The van der Waals surface area contributed by atoms with Gasteiger partial charge in [0.2, 0.25) is 5.88 Å². The van der Waals surface area contributed by atoms with Crippen molar-refractivity contribution >= 4 is 11.6 Å². The van der Waals surface area contributed by atoms with Gasteiger partial charge in [0, 0.05) is 0 Å². The van der Waals surface area contributed by atoms with Gasteiger partial charge < -0.3 is 14.8 Å². The quantitative estimate of drug-likeness (QED) is 0.728. The Kier molecular flexibility index (Phi) is 2.58. The molecule has 0 aliphatic rings. The number of carbonyl (C=O) groups excluding carboxylic acids is 1. The third kappa shape index (κ3) is 1.65. The molecule has 0 aromatic carbocycles. The van der Waals surface area contributed by atoms with Gasteiger partial charge in [0.25, 0.3) is 5.56 Å². The SMILES string of the molecule is CCOC(=O)c1cnn2c(O)c(C)c(=O)[nH]c12. The lowest BCUT2D eigenvalue weighted by Crippen LogP contribution is -2.14. The highest BCUT2D eigenvalue weighted by molar-refractivity contribution is 5.95. The number of nitrogens with zero attached hydrogens (tertiary/aromatic N) is 2. The molecule has 2 aromatic rings. The predicted octanol–water partition coefficient (Wildman–Crippen LogP) is 0.213. The maximum Gasteiger partial charge on any atom is 0.343 e. The molecule has 0 amide bonds. The summed E-state index contributed by atoms with van der Waals surface area (Å²) in [6.07, 6.45) is 1.24. The molecule has 2 rings (SSSR count). The Bertz CT molecular complexity index is 641. The molecule has 0 aliphatic carbocycles. The number of aromatic nitrogens is 3. The molecule has 0 fully saturated rings. The summed E-state index contributed by atoms with van der Waals surface area (Å²) >= 11 is 0. The second-order valence-electron chi connectivity index (χ2n) is 3.44. The topological polar surface area (TPSA) is 96.7 Å². The summed E-state index contributed by atoms with van der Waals surface area (Å²) < 4.78 is 5.89. The molecule has 7 nitrogen and oxygen atoms in total. The van der Waals surface area contributed by atoms with Crippen molar-refractivity contribution in [3.05, 3.63) is 27.7 Å². The van der Waals surface area contributed by atoms with Crippen LogP contribution in [0.25, 0.3) is 5.65 Å². The molecule has 0 atom stereocenters. The van der Waals surface area contributed by atoms with E-state index in [2.05, 4.69) is 10.1 Å². The summed E-state index contributed by atoms with van der Waals surface area (Å²) in [4.78, 5) is 25.5. The lowest BCUT2D eigenvalue weighted by Gasteiger charge is -2.02. The first-order valence-electron chi connectivity index (χ1n) is 5.03. The highest BCUT2D eigenvalue weighted by Gasteiger charge is 2.18. The zero-order valence-corrected chi connectivity index (χ0v) is 9.35. The van der Waals surface area contributed by atoms with Crippen molar-refractivity contribution < 1.29 is 14.6 Å². The molecule has 2 aromatic heterocycles. The number of fused-ring (bicyclic) bond motifs is 1. The smallest absolute Gasteiger partial charge is 0.343 e. The van der Waals surface area contributed by atoms with Crippen molar-refractivity contribution in [1.82, 2.24) is 14.6 Å². The van der Waals surface area contributed by atoms with Gasteiger partial charge in [-0.3, -0.25) is 4.79 Å². The van der Waals surface area contributed by atoms with E-state index in [9.17, 15) is 14.7 Å². The van der Waals surface area contributed by atoms with Crippen LogP contribution < -0.4 is 5.56 Å². The summed E-state index contributed by atoms with van der Waals surface area (Å²) in [6.45, 7) is 3.35. The fourth-order valence-corrected chi connectivity index (χ4v) is 1.45. The van der Waals surface area contributed by atoms with Gasteiger partial charge in [0.15, 0.2) is 5.65 Å². The number of H-pyrrole nitrogens is 1. The lowest BCUT2D eigenvalue weighted by atomic mass is 10.3. The van der Waals surface area contributed by atoms with Crippen LogP contribution in [-0.2, 0) is 4.74 Å². The summed E-state index contributed by atoms with van der Waals surface area (Å²) in [5, 5.41) is 13.5. The molecule has 0 spiro atoms. The van der Waals surface area contributed by atoms with Crippen LogP contribution >= 0.6 is 0 Å². The van der Waals surface area contributed by atoms with Crippen LogP contribution in [-0.4, -0.2) is 32.3 Å². The van der Waals surface area contributed by atoms with Crippen molar-refractivity contribution in [1.29, 1.82) is 0 Å². The van der Waals surface area contributed by atoms with Crippen LogP contribution in [0, 0.1) is 6.92 Å². The Hall–Kier alpha value is -2.31. The number of aromatic hydroxyl groups is 1. The molecule has 2 N–H and O–H groups in total. The number of hydrogen-bond acceptors (Lipinski definition) is 5. The number of rotatable bonds is 2. The van der Waals surface area contributed by atoms with Crippen LogP contribution in [0.1, 0.15) is 22.8 Å². The minimum atomic E-state index is -0.596. The molecule has 0 aliphatic heterocycles. The van der Waals surface area contributed by atoms with E-state index in [1.54, 1.807) is 6.92 Å². The average Bonchev–Trinajstić information content (AvgIpc) is 2.70. The average molecular weight is 237 g/mol. The molecule has 0 bridgehead atoms. The maximum atomic E-state index is 11.5. The summed E-state index contributed by atoms with van der Waals surface area (Å²) in [7, 11) is 0. The van der Waals surface area contributed by atoms with Gasteiger partial charge in [0.05, 0.1) is 18.4 Å². The lowest BCUT2D eigenvalue weighted by molar-refractivity contribution is 0.0528. The van der Waals surface area contributed by atoms with Crippen LogP contribution in [0.2, 0.25) is 0 Å². The molecule has 0 saturated heterocycles. The summed E-state index contributed by atoms with van der Waals surface area (Å²) in [5.74, 6) is -0.888. The monoisotopic (exact) mass is 237 g/mol. The predicted molar refractivity (Wildman–Crippen MR) is 58.2 cm³/mol. The van der Waals surface area contributed by atoms with Crippen LogP contribution in [0.3, 0.4) is 0 Å². The first kappa shape index (κ1) is 11.2. The van der Waals surface area contributed by atoms with Gasteiger partial charge in [-0.25, -0.2) is 4.79 Å². The van der Waals surface area contributed by atoms with Crippen LogP contribution in [0.15, 0.2) is 11.0 Å². The standard InChI is InChI=1S/C10H11N3O4/c1-3-17-10(16)6-4-11-13-7(6)12-8(14)5(2)9(13)15/h4,15H,3H2,1-2H3,(H,12,14). The van der Waals surface area contributed by atoms with Crippen LogP contribution in [0.4, 0.5) is 0 Å².